The molecule has 1 fully saturated rings. The van der Waals surface area contributed by atoms with Gasteiger partial charge in [0.05, 0.1) is 29.1 Å². The number of carbonyl (C=O) groups excluding carboxylic acids is 2. The SMILES string of the molecule is CCN(Cc1nc2ccccc2c(=O)[nH]1)C(=O)C1CC(=O)N(c2ccc(F)cc2F)C1. The third kappa shape index (κ3) is 4.03. The molecule has 9 heteroatoms. The van der Waals surface area contributed by atoms with Crippen LogP contribution in [-0.4, -0.2) is 39.8 Å². The van der Waals surface area contributed by atoms with Crippen LogP contribution in [0, 0.1) is 17.6 Å². The number of H-pyrrole nitrogens is 1. The number of benzene rings is 2. The molecule has 1 aliphatic rings. The third-order valence-corrected chi connectivity index (χ3v) is 5.37. The van der Waals surface area contributed by atoms with E-state index in [-0.39, 0.29) is 36.7 Å². The van der Waals surface area contributed by atoms with E-state index < -0.39 is 23.5 Å². The van der Waals surface area contributed by atoms with Crippen molar-refractivity contribution >= 4 is 28.4 Å². The van der Waals surface area contributed by atoms with Crippen molar-refractivity contribution in [2.75, 3.05) is 18.0 Å². The average molecular weight is 426 g/mol. The smallest absolute Gasteiger partial charge is 0.258 e. The van der Waals surface area contributed by atoms with Gasteiger partial charge in [-0.3, -0.25) is 14.4 Å². The van der Waals surface area contributed by atoms with Crippen LogP contribution in [0.1, 0.15) is 19.2 Å². The first-order chi connectivity index (χ1) is 14.9. The molecule has 0 bridgehead atoms. The number of para-hydroxylation sites is 1. The van der Waals surface area contributed by atoms with Gasteiger partial charge in [0.1, 0.15) is 17.5 Å². The molecule has 1 saturated heterocycles. The fourth-order valence-electron chi connectivity index (χ4n) is 3.80. The van der Waals surface area contributed by atoms with Crippen molar-refractivity contribution in [3.8, 4) is 0 Å². The van der Waals surface area contributed by atoms with Crippen LogP contribution in [-0.2, 0) is 16.1 Å². The second-order valence-corrected chi connectivity index (χ2v) is 7.38. The highest BCUT2D eigenvalue weighted by molar-refractivity contribution is 6.00. The average Bonchev–Trinajstić information content (AvgIpc) is 3.13. The summed E-state index contributed by atoms with van der Waals surface area (Å²) in [6.07, 6.45) is -0.0756. The van der Waals surface area contributed by atoms with Crippen molar-refractivity contribution in [3.63, 3.8) is 0 Å². The Morgan fingerprint density at radius 3 is 2.74 bits per heavy atom. The maximum atomic E-state index is 14.1. The molecule has 7 nitrogen and oxygen atoms in total. The van der Waals surface area contributed by atoms with Crippen LogP contribution in [0.3, 0.4) is 0 Å². The predicted octanol–water partition coefficient (Wildman–Crippen LogP) is 2.60. The molecule has 1 atom stereocenters. The fraction of sp³-hybridized carbons (Fsp3) is 0.273. The Morgan fingerprint density at radius 1 is 1.23 bits per heavy atom. The van der Waals surface area contributed by atoms with E-state index in [1.54, 1.807) is 31.2 Å². The summed E-state index contributed by atoms with van der Waals surface area (Å²) in [4.78, 5) is 47.5. The van der Waals surface area contributed by atoms with Gasteiger partial charge in [0.15, 0.2) is 0 Å². The summed E-state index contributed by atoms with van der Waals surface area (Å²) < 4.78 is 27.3. The lowest BCUT2D eigenvalue weighted by molar-refractivity contribution is -0.136. The van der Waals surface area contributed by atoms with Gasteiger partial charge in [-0.25, -0.2) is 13.8 Å². The predicted molar refractivity (Wildman–Crippen MR) is 110 cm³/mol. The Hall–Kier alpha value is -3.62. The molecule has 0 radical (unpaired) electrons. The van der Waals surface area contributed by atoms with Gasteiger partial charge in [-0.2, -0.15) is 0 Å². The van der Waals surface area contributed by atoms with Gasteiger partial charge in [-0.1, -0.05) is 12.1 Å². The first kappa shape index (κ1) is 20.6. The van der Waals surface area contributed by atoms with Gasteiger partial charge < -0.3 is 14.8 Å². The van der Waals surface area contributed by atoms with Gasteiger partial charge >= 0.3 is 0 Å². The van der Waals surface area contributed by atoms with Crippen LogP contribution in [0.15, 0.2) is 47.3 Å². The number of fused-ring (bicyclic) bond motifs is 1. The Morgan fingerprint density at radius 2 is 2.00 bits per heavy atom. The molecule has 4 rings (SSSR count). The van der Waals surface area contributed by atoms with Gasteiger partial charge in [0.25, 0.3) is 5.56 Å². The number of hydrogen-bond donors (Lipinski definition) is 1. The molecule has 0 aliphatic carbocycles. The van der Waals surface area contributed by atoms with E-state index >= 15 is 0 Å². The molecule has 3 aromatic rings. The minimum atomic E-state index is -0.855. The molecule has 2 aromatic carbocycles. The van der Waals surface area contributed by atoms with Gasteiger partial charge in [-0.15, -0.1) is 0 Å². The van der Waals surface area contributed by atoms with Gasteiger partial charge in [0.2, 0.25) is 11.8 Å². The van der Waals surface area contributed by atoms with Crippen LogP contribution in [0.4, 0.5) is 14.5 Å². The first-order valence-corrected chi connectivity index (χ1v) is 9.89. The molecule has 2 heterocycles. The van der Waals surface area contributed by atoms with E-state index in [4.69, 9.17) is 0 Å². The van der Waals surface area contributed by atoms with Crippen molar-refractivity contribution in [3.05, 3.63) is 70.3 Å². The molecule has 1 unspecified atom stereocenters. The second kappa shape index (κ2) is 8.25. The maximum absolute atomic E-state index is 14.1. The van der Waals surface area contributed by atoms with E-state index in [2.05, 4.69) is 9.97 Å². The summed E-state index contributed by atoms with van der Waals surface area (Å²) in [5, 5.41) is 0.457. The molecular weight excluding hydrogens is 406 g/mol. The monoisotopic (exact) mass is 426 g/mol. The number of carbonyl (C=O) groups is 2. The largest absolute Gasteiger partial charge is 0.335 e. The zero-order valence-electron chi connectivity index (χ0n) is 16.8. The Kier molecular flexibility index (Phi) is 5.50. The van der Waals surface area contributed by atoms with E-state index in [1.165, 1.54) is 15.9 Å². The topological polar surface area (TPSA) is 86.4 Å². The number of halogens is 2. The molecular formula is C22H20F2N4O3. The molecule has 1 N–H and O–H groups in total. The minimum absolute atomic E-state index is 0.00160. The lowest BCUT2D eigenvalue weighted by Crippen LogP contribution is -2.37. The summed E-state index contributed by atoms with van der Waals surface area (Å²) in [6.45, 7) is 2.19. The maximum Gasteiger partial charge on any atom is 0.258 e. The molecule has 2 amide bonds. The molecule has 31 heavy (non-hydrogen) atoms. The molecule has 0 saturated carbocycles. The number of hydrogen-bond acceptors (Lipinski definition) is 4. The summed E-state index contributed by atoms with van der Waals surface area (Å²) in [7, 11) is 0. The van der Waals surface area contributed by atoms with Crippen molar-refractivity contribution in [1.29, 1.82) is 0 Å². The molecule has 1 aliphatic heterocycles. The summed E-state index contributed by atoms with van der Waals surface area (Å²) in [6, 6.07) is 9.87. The number of aromatic amines is 1. The second-order valence-electron chi connectivity index (χ2n) is 7.38. The van der Waals surface area contributed by atoms with E-state index in [1.807, 2.05) is 0 Å². The highest BCUT2D eigenvalue weighted by Crippen LogP contribution is 2.29. The number of anilines is 1. The minimum Gasteiger partial charge on any atom is -0.335 e. The molecule has 0 spiro atoms. The van der Waals surface area contributed by atoms with Crippen molar-refractivity contribution < 1.29 is 18.4 Å². The number of rotatable bonds is 5. The highest BCUT2D eigenvalue weighted by atomic mass is 19.1. The van der Waals surface area contributed by atoms with E-state index in [0.29, 0.717) is 29.3 Å². The van der Waals surface area contributed by atoms with E-state index in [0.717, 1.165) is 6.07 Å². The van der Waals surface area contributed by atoms with Gasteiger partial charge in [-0.05, 0) is 31.2 Å². The van der Waals surface area contributed by atoms with Crippen LogP contribution < -0.4 is 10.5 Å². The first-order valence-electron chi connectivity index (χ1n) is 9.89. The Labute approximate surface area is 176 Å². The Balaban J connectivity index is 1.53. The number of aromatic nitrogens is 2. The third-order valence-electron chi connectivity index (χ3n) is 5.37. The Bertz CT molecular complexity index is 1230. The standard InChI is InChI=1S/C22H20F2N4O3/c1-2-27(12-19-25-17-6-4-3-5-15(17)21(30)26-19)22(31)13-9-20(29)28(11-13)18-8-7-14(23)10-16(18)24/h3-8,10,13H,2,9,11-12H2,1H3,(H,25,26,30). The highest BCUT2D eigenvalue weighted by Gasteiger charge is 2.38. The number of amides is 2. The van der Waals surface area contributed by atoms with Crippen molar-refractivity contribution in [2.24, 2.45) is 5.92 Å². The lowest BCUT2D eigenvalue weighted by Gasteiger charge is -2.24. The number of nitrogens with zero attached hydrogens (tertiary/aromatic N) is 3. The molecule has 160 valence electrons. The van der Waals surface area contributed by atoms with Crippen LogP contribution in [0.2, 0.25) is 0 Å². The zero-order chi connectivity index (χ0) is 22.1. The van der Waals surface area contributed by atoms with Gasteiger partial charge in [0, 0.05) is 25.6 Å². The normalized spacial score (nSPS) is 16.2. The summed E-state index contributed by atoms with van der Waals surface area (Å²) in [5.41, 5.74) is 0.183. The lowest BCUT2D eigenvalue weighted by atomic mass is 10.1. The molecule has 1 aromatic heterocycles. The van der Waals surface area contributed by atoms with Crippen LogP contribution >= 0.6 is 0 Å². The summed E-state index contributed by atoms with van der Waals surface area (Å²) >= 11 is 0. The summed E-state index contributed by atoms with van der Waals surface area (Å²) in [5.74, 6) is -2.64. The van der Waals surface area contributed by atoms with Crippen LogP contribution in [0.5, 0.6) is 0 Å². The fourth-order valence-corrected chi connectivity index (χ4v) is 3.80. The number of nitrogens with one attached hydrogen (secondary N) is 1. The van der Waals surface area contributed by atoms with Crippen molar-refractivity contribution in [1.82, 2.24) is 14.9 Å². The quantitative estimate of drug-likeness (QED) is 0.680. The van der Waals surface area contributed by atoms with Crippen molar-refractivity contribution in [2.45, 2.75) is 19.9 Å². The van der Waals surface area contributed by atoms with Crippen LogP contribution in [0.25, 0.3) is 10.9 Å². The van der Waals surface area contributed by atoms with E-state index in [9.17, 15) is 23.2 Å². The zero-order valence-corrected chi connectivity index (χ0v) is 16.8.